The minimum Gasteiger partial charge on any atom is -0.492 e. The van der Waals surface area contributed by atoms with Crippen molar-refractivity contribution in [2.75, 3.05) is 26.7 Å². The maximum atomic E-state index is 11.6. The molecule has 0 spiro atoms. The fraction of sp³-hybridized carbons (Fsp3) is 0.273. The fourth-order valence-electron chi connectivity index (χ4n) is 2.86. The average Bonchev–Trinajstić information content (AvgIpc) is 3.01. The highest BCUT2D eigenvalue weighted by Crippen LogP contribution is 2.26. The highest BCUT2D eigenvalue weighted by molar-refractivity contribution is 8.18. The smallest absolute Gasteiger partial charge is 0.290 e. The van der Waals surface area contributed by atoms with Crippen LogP contribution in [0.2, 0.25) is 0 Å². The molecule has 1 N–H and O–H groups in total. The van der Waals surface area contributed by atoms with Gasteiger partial charge in [0.05, 0.1) is 4.91 Å². The summed E-state index contributed by atoms with van der Waals surface area (Å²) in [6, 6.07) is 18.0. The fourth-order valence-corrected chi connectivity index (χ4v) is 3.54. The first-order valence-electron chi connectivity index (χ1n) is 9.30. The molecule has 0 unspecified atom stereocenters. The van der Waals surface area contributed by atoms with Crippen LogP contribution in [0.3, 0.4) is 0 Å². The van der Waals surface area contributed by atoms with E-state index in [4.69, 9.17) is 4.74 Å². The van der Waals surface area contributed by atoms with E-state index < -0.39 is 0 Å². The Hall–Kier alpha value is -2.57. The van der Waals surface area contributed by atoms with Gasteiger partial charge in [0.25, 0.3) is 11.1 Å². The number of imide groups is 1. The molecule has 0 atom stereocenters. The molecule has 0 aromatic heterocycles. The minimum atomic E-state index is -0.342. The van der Waals surface area contributed by atoms with Crippen molar-refractivity contribution in [2.24, 2.45) is 0 Å². The zero-order valence-electron chi connectivity index (χ0n) is 15.9. The number of likely N-dealkylation sites (N-methyl/N-ethyl adjacent to an activating group) is 1. The number of rotatable bonds is 9. The van der Waals surface area contributed by atoms with E-state index in [0.717, 1.165) is 49.0 Å². The number of hydrogen-bond acceptors (Lipinski definition) is 5. The molecule has 3 rings (SSSR count). The van der Waals surface area contributed by atoms with E-state index in [1.165, 1.54) is 5.56 Å². The molecule has 2 aromatic carbocycles. The molecule has 1 saturated heterocycles. The number of thioether (sulfide) groups is 1. The second kappa shape index (κ2) is 10.1. The Bertz CT molecular complexity index is 835. The molecule has 28 heavy (non-hydrogen) atoms. The Kier molecular flexibility index (Phi) is 7.28. The van der Waals surface area contributed by atoms with Crippen molar-refractivity contribution < 1.29 is 14.3 Å². The number of nitrogens with zero attached hydrogens (tertiary/aromatic N) is 1. The van der Waals surface area contributed by atoms with Gasteiger partial charge >= 0.3 is 0 Å². The lowest BCUT2D eigenvalue weighted by atomic mass is 10.1. The summed E-state index contributed by atoms with van der Waals surface area (Å²) in [5.41, 5.74) is 2.23. The van der Waals surface area contributed by atoms with Gasteiger partial charge in [-0.2, -0.15) is 0 Å². The zero-order chi connectivity index (χ0) is 19.8. The van der Waals surface area contributed by atoms with Crippen molar-refractivity contribution in [1.82, 2.24) is 10.2 Å². The summed E-state index contributed by atoms with van der Waals surface area (Å²) in [5.74, 6) is 0.449. The van der Waals surface area contributed by atoms with E-state index in [2.05, 4.69) is 41.5 Å². The van der Waals surface area contributed by atoms with Crippen molar-refractivity contribution in [1.29, 1.82) is 0 Å². The Morgan fingerprint density at radius 1 is 1.04 bits per heavy atom. The highest BCUT2D eigenvalue weighted by atomic mass is 32.2. The number of ether oxygens (including phenoxy) is 1. The summed E-state index contributed by atoms with van der Waals surface area (Å²) in [5, 5.41) is 1.92. The van der Waals surface area contributed by atoms with Crippen LogP contribution in [-0.2, 0) is 11.2 Å². The lowest BCUT2D eigenvalue weighted by Crippen LogP contribution is -2.25. The van der Waals surface area contributed by atoms with Gasteiger partial charge in [-0.05, 0) is 67.5 Å². The van der Waals surface area contributed by atoms with E-state index in [0.29, 0.717) is 11.5 Å². The predicted molar refractivity (Wildman–Crippen MR) is 113 cm³/mol. The number of carbonyl (C=O) groups is 2. The van der Waals surface area contributed by atoms with E-state index >= 15 is 0 Å². The summed E-state index contributed by atoms with van der Waals surface area (Å²) >= 11 is 0.919. The van der Waals surface area contributed by atoms with Gasteiger partial charge in [-0.3, -0.25) is 14.9 Å². The number of aryl methyl sites for hydroxylation is 1. The molecule has 2 aromatic rings. The van der Waals surface area contributed by atoms with E-state index in [1.54, 1.807) is 6.08 Å². The summed E-state index contributed by atoms with van der Waals surface area (Å²) in [6.07, 6.45) is 3.91. The second-order valence-electron chi connectivity index (χ2n) is 6.66. The van der Waals surface area contributed by atoms with Gasteiger partial charge in [0, 0.05) is 6.54 Å². The first-order chi connectivity index (χ1) is 13.6. The monoisotopic (exact) mass is 396 g/mol. The molecule has 5 nitrogen and oxygen atoms in total. The maximum absolute atomic E-state index is 11.6. The van der Waals surface area contributed by atoms with Gasteiger partial charge in [-0.15, -0.1) is 0 Å². The lowest BCUT2D eigenvalue weighted by Gasteiger charge is -2.17. The van der Waals surface area contributed by atoms with E-state index in [9.17, 15) is 9.59 Å². The van der Waals surface area contributed by atoms with Crippen LogP contribution in [-0.4, -0.2) is 42.8 Å². The molecule has 0 radical (unpaired) electrons. The molecule has 1 heterocycles. The minimum absolute atomic E-state index is 0.330. The molecule has 6 heteroatoms. The summed E-state index contributed by atoms with van der Waals surface area (Å²) in [4.78, 5) is 25.4. The molecule has 0 bridgehead atoms. The molecule has 0 aliphatic carbocycles. The van der Waals surface area contributed by atoms with Crippen molar-refractivity contribution in [3.8, 4) is 5.75 Å². The number of amides is 2. The number of benzene rings is 2. The van der Waals surface area contributed by atoms with E-state index in [-0.39, 0.29) is 11.1 Å². The molecule has 0 saturated carbocycles. The Labute approximate surface area is 169 Å². The molecular formula is C22H24N2O3S. The summed E-state index contributed by atoms with van der Waals surface area (Å²) < 4.78 is 5.80. The SMILES string of the molecule is CN(CCCc1ccccc1)CCOc1ccc(C=C2SC(=O)NC2=O)cc1. The van der Waals surface area contributed by atoms with Crippen molar-refractivity contribution in [2.45, 2.75) is 12.8 Å². The van der Waals surface area contributed by atoms with Crippen LogP contribution in [0.15, 0.2) is 59.5 Å². The number of hydrogen-bond donors (Lipinski definition) is 1. The first kappa shape index (κ1) is 20.2. The van der Waals surface area contributed by atoms with Gasteiger partial charge in [0.15, 0.2) is 0 Å². The average molecular weight is 397 g/mol. The van der Waals surface area contributed by atoms with Gasteiger partial charge < -0.3 is 9.64 Å². The predicted octanol–water partition coefficient (Wildman–Crippen LogP) is 3.95. The van der Waals surface area contributed by atoms with Crippen LogP contribution in [0.4, 0.5) is 4.79 Å². The van der Waals surface area contributed by atoms with Crippen molar-refractivity contribution in [3.05, 3.63) is 70.6 Å². The molecular weight excluding hydrogens is 372 g/mol. The van der Waals surface area contributed by atoms with Crippen LogP contribution in [0.1, 0.15) is 17.5 Å². The van der Waals surface area contributed by atoms with E-state index in [1.807, 2.05) is 30.3 Å². The zero-order valence-corrected chi connectivity index (χ0v) is 16.7. The third-order valence-electron chi connectivity index (χ3n) is 4.41. The maximum Gasteiger partial charge on any atom is 0.290 e. The first-order valence-corrected chi connectivity index (χ1v) is 10.1. The van der Waals surface area contributed by atoms with Gasteiger partial charge in [0.2, 0.25) is 0 Å². The number of carbonyl (C=O) groups excluding carboxylic acids is 2. The third kappa shape index (κ3) is 6.25. The molecule has 1 aliphatic rings. The standard InChI is InChI=1S/C22H24N2O3S/c1-24(13-5-8-17-6-3-2-4-7-17)14-15-27-19-11-9-18(10-12-19)16-20-21(25)23-22(26)28-20/h2-4,6-7,9-12,16H,5,8,13-15H2,1H3,(H,23,25,26). The summed E-state index contributed by atoms with van der Waals surface area (Å²) in [7, 11) is 2.11. The Morgan fingerprint density at radius 2 is 1.79 bits per heavy atom. The van der Waals surface area contributed by atoms with Gasteiger partial charge in [-0.1, -0.05) is 42.5 Å². The van der Waals surface area contributed by atoms with Gasteiger partial charge in [-0.25, -0.2) is 0 Å². The Balaban J connectivity index is 1.37. The molecule has 1 aliphatic heterocycles. The van der Waals surface area contributed by atoms with Crippen LogP contribution in [0.5, 0.6) is 5.75 Å². The summed E-state index contributed by atoms with van der Waals surface area (Å²) in [6.45, 7) is 2.51. The normalized spacial score (nSPS) is 15.3. The second-order valence-corrected chi connectivity index (χ2v) is 7.68. The van der Waals surface area contributed by atoms with Gasteiger partial charge in [0.1, 0.15) is 12.4 Å². The highest BCUT2D eigenvalue weighted by Gasteiger charge is 2.24. The third-order valence-corrected chi connectivity index (χ3v) is 5.22. The molecule has 1 fully saturated rings. The topological polar surface area (TPSA) is 58.6 Å². The molecule has 2 amide bonds. The van der Waals surface area contributed by atoms with Crippen LogP contribution in [0.25, 0.3) is 6.08 Å². The largest absolute Gasteiger partial charge is 0.492 e. The quantitative estimate of drug-likeness (QED) is 0.651. The van der Waals surface area contributed by atoms with Crippen LogP contribution >= 0.6 is 11.8 Å². The lowest BCUT2D eigenvalue weighted by molar-refractivity contribution is -0.115. The van der Waals surface area contributed by atoms with Crippen molar-refractivity contribution in [3.63, 3.8) is 0 Å². The molecule has 146 valence electrons. The van der Waals surface area contributed by atoms with Crippen LogP contribution < -0.4 is 10.1 Å². The number of nitrogens with one attached hydrogen (secondary N) is 1. The van der Waals surface area contributed by atoms with Crippen LogP contribution in [0, 0.1) is 0 Å². The Morgan fingerprint density at radius 3 is 2.46 bits per heavy atom. The van der Waals surface area contributed by atoms with Crippen molar-refractivity contribution >= 4 is 29.0 Å².